The van der Waals surface area contributed by atoms with Gasteiger partial charge < -0.3 is 19.6 Å². The average molecular weight is 544 g/mol. The third-order valence-electron chi connectivity index (χ3n) is 7.03. The Balaban J connectivity index is 1.38. The number of carbonyl (C=O) groups excluding carboxylic acids is 1. The first-order chi connectivity index (χ1) is 18.1. The van der Waals surface area contributed by atoms with Gasteiger partial charge in [0.1, 0.15) is 12.0 Å². The number of hydrogen-bond acceptors (Lipinski definition) is 10. The summed E-state index contributed by atoms with van der Waals surface area (Å²) in [5.41, 5.74) is 5.83. The highest BCUT2D eigenvalue weighted by Crippen LogP contribution is 2.66. The number of benzene rings is 1. The molecule has 1 aliphatic heterocycles. The van der Waals surface area contributed by atoms with Crippen LogP contribution in [0.15, 0.2) is 40.2 Å². The van der Waals surface area contributed by atoms with Gasteiger partial charge in [-0.1, -0.05) is 11.8 Å². The molecule has 0 amide bonds. The van der Waals surface area contributed by atoms with Crippen LogP contribution in [0.2, 0.25) is 0 Å². The van der Waals surface area contributed by atoms with Gasteiger partial charge in [-0.15, -0.1) is 0 Å². The van der Waals surface area contributed by atoms with E-state index in [1.165, 1.54) is 36.5 Å². The summed E-state index contributed by atoms with van der Waals surface area (Å²) >= 11 is 1.41. The average Bonchev–Trinajstić information content (AvgIpc) is 3.31. The molecule has 2 N–H and O–H groups in total. The largest absolute Gasteiger partial charge is 0.464 e. The lowest BCUT2D eigenvalue weighted by atomic mass is 9.84. The lowest BCUT2D eigenvalue weighted by molar-refractivity contribution is 0.0986. The van der Waals surface area contributed by atoms with Gasteiger partial charge in [0.05, 0.1) is 35.0 Å². The number of amidine groups is 1. The van der Waals surface area contributed by atoms with E-state index in [2.05, 4.69) is 19.9 Å². The number of rotatable bonds is 9. The maximum Gasteiger partial charge on any atom is 0.235 e. The predicted molar refractivity (Wildman–Crippen MR) is 136 cm³/mol. The number of thioether (sulfide) groups is 1. The van der Waals surface area contributed by atoms with E-state index in [1.54, 1.807) is 27.9 Å². The molecule has 0 unspecified atom stereocenters. The quantitative estimate of drug-likeness (QED) is 0.393. The molecule has 1 saturated carbocycles. The summed E-state index contributed by atoms with van der Waals surface area (Å²) in [5, 5.41) is 0.296. The van der Waals surface area contributed by atoms with Crippen LogP contribution < -0.4 is 10.5 Å². The van der Waals surface area contributed by atoms with Crippen LogP contribution in [-0.2, 0) is 16.7 Å². The summed E-state index contributed by atoms with van der Waals surface area (Å²) in [6, 6.07) is 2.52. The summed E-state index contributed by atoms with van der Waals surface area (Å²) in [6.45, 7) is 5.54. The zero-order valence-corrected chi connectivity index (χ0v) is 22.1. The molecule has 1 aromatic carbocycles. The first-order valence-corrected chi connectivity index (χ1v) is 12.8. The molecule has 1 aliphatic carbocycles. The molecule has 9 nitrogen and oxygen atoms in total. The molecule has 200 valence electrons. The number of aromatic nitrogens is 3. The van der Waals surface area contributed by atoms with Gasteiger partial charge >= 0.3 is 0 Å². The number of Topliss-reactive ketones (excluding diaryl/α,β-unsaturated/α-hetero) is 1. The Morgan fingerprint density at radius 3 is 2.82 bits per heavy atom. The van der Waals surface area contributed by atoms with Crippen LogP contribution in [-0.4, -0.2) is 44.4 Å². The van der Waals surface area contributed by atoms with Gasteiger partial charge in [0.15, 0.2) is 28.7 Å². The minimum Gasteiger partial charge on any atom is -0.464 e. The molecule has 12 heteroatoms. The van der Waals surface area contributed by atoms with Crippen molar-refractivity contribution in [2.45, 2.75) is 50.0 Å². The minimum absolute atomic E-state index is 0.0682. The molecular formula is C26H27F2N5O4S. The van der Waals surface area contributed by atoms with E-state index < -0.39 is 29.1 Å². The van der Waals surface area contributed by atoms with Gasteiger partial charge in [-0.3, -0.25) is 9.79 Å². The Labute approximate surface area is 222 Å². The van der Waals surface area contributed by atoms with Crippen LogP contribution >= 0.6 is 11.8 Å². The summed E-state index contributed by atoms with van der Waals surface area (Å²) in [4.78, 5) is 30.2. The number of ketones is 1. The molecule has 3 aromatic rings. The first kappa shape index (κ1) is 26.2. The standard InChI is InChI=1S/C26H27F2N5O4S/c1-13-22(31-11-20(32-13)37-14(2)23-30-5-6-36-23)18(34)9-15-7-16(21(28)17(27)8-15)25(3)19-10-26(19,12-35-4)38-24(29)33-25/h5-8,11,14,19H,9-10,12H2,1-4H3,(H2,29,33)/t14-,19-,25+,26+/m0/s1. The van der Waals surface area contributed by atoms with Crippen molar-refractivity contribution in [3.8, 4) is 5.88 Å². The Hall–Kier alpha value is -3.38. The Bertz CT molecular complexity index is 1420. The van der Waals surface area contributed by atoms with Gasteiger partial charge in [-0.2, -0.15) is 0 Å². The number of aryl methyl sites for hydroxylation is 1. The van der Waals surface area contributed by atoms with Crippen molar-refractivity contribution in [3.63, 3.8) is 0 Å². The molecule has 0 bridgehead atoms. The number of hydrogen-bond donors (Lipinski definition) is 1. The summed E-state index contributed by atoms with van der Waals surface area (Å²) in [7, 11) is 1.59. The normalized spacial score (nSPS) is 24.9. The number of methoxy groups -OCH3 is 1. The summed E-state index contributed by atoms with van der Waals surface area (Å²) in [6.07, 6.45) is 4.27. The number of oxazole rings is 1. The molecule has 2 aromatic heterocycles. The maximum atomic E-state index is 15.2. The number of halogens is 2. The Morgan fingerprint density at radius 1 is 1.34 bits per heavy atom. The van der Waals surface area contributed by atoms with E-state index in [4.69, 9.17) is 19.6 Å². The van der Waals surface area contributed by atoms with E-state index in [0.29, 0.717) is 35.3 Å². The van der Waals surface area contributed by atoms with Gasteiger partial charge in [0, 0.05) is 25.0 Å². The SMILES string of the molecule is COC[C@]12C[C@H]1[C@@](C)(c1cc(CC(=O)c3ncc(O[C@@H](C)c4ncco4)nc3C)cc(F)c1F)N=C(N)S2. The van der Waals surface area contributed by atoms with Crippen molar-refractivity contribution >= 4 is 22.7 Å². The zero-order valence-electron chi connectivity index (χ0n) is 21.3. The maximum absolute atomic E-state index is 15.2. The van der Waals surface area contributed by atoms with E-state index in [-0.39, 0.29) is 34.2 Å². The fourth-order valence-corrected chi connectivity index (χ4v) is 6.62. The van der Waals surface area contributed by atoms with Gasteiger partial charge in [-0.05, 0) is 44.9 Å². The third kappa shape index (κ3) is 4.66. The first-order valence-electron chi connectivity index (χ1n) is 12.0. The van der Waals surface area contributed by atoms with Crippen molar-refractivity contribution in [2.24, 2.45) is 16.6 Å². The Kier molecular flexibility index (Phi) is 6.72. The number of fused-ring (bicyclic) bond motifs is 1. The van der Waals surface area contributed by atoms with Crippen molar-refractivity contribution in [1.82, 2.24) is 15.0 Å². The van der Waals surface area contributed by atoms with E-state index in [1.807, 2.05) is 0 Å². The number of ether oxygens (including phenoxy) is 2. The summed E-state index contributed by atoms with van der Waals surface area (Å²) < 4.78 is 45.9. The molecule has 3 heterocycles. The van der Waals surface area contributed by atoms with Gasteiger partial charge in [0.2, 0.25) is 11.8 Å². The number of nitrogens with two attached hydrogens (primary N) is 1. The van der Waals surface area contributed by atoms with Crippen molar-refractivity contribution in [3.05, 3.63) is 70.8 Å². The topological polar surface area (TPSA) is 126 Å². The van der Waals surface area contributed by atoms with E-state index >= 15 is 4.39 Å². The lowest BCUT2D eigenvalue weighted by Gasteiger charge is -2.34. The molecule has 0 spiro atoms. The molecular weight excluding hydrogens is 516 g/mol. The van der Waals surface area contributed by atoms with Crippen LogP contribution in [0.4, 0.5) is 8.78 Å². The molecule has 1 fully saturated rings. The fourth-order valence-electron chi connectivity index (χ4n) is 5.17. The van der Waals surface area contributed by atoms with Crippen LogP contribution in [0, 0.1) is 24.5 Å². The Morgan fingerprint density at radius 2 is 2.13 bits per heavy atom. The minimum atomic E-state index is -1.09. The van der Waals surface area contributed by atoms with Crippen LogP contribution in [0.3, 0.4) is 0 Å². The molecule has 38 heavy (non-hydrogen) atoms. The number of aliphatic imine (C=N–C) groups is 1. The highest BCUT2D eigenvalue weighted by atomic mass is 32.2. The fraction of sp³-hybridized carbons (Fsp3) is 0.423. The van der Waals surface area contributed by atoms with Crippen molar-refractivity contribution in [1.29, 1.82) is 0 Å². The zero-order chi connectivity index (χ0) is 27.2. The molecule has 5 rings (SSSR count). The second-order valence-corrected chi connectivity index (χ2v) is 11.2. The summed E-state index contributed by atoms with van der Waals surface area (Å²) in [5.74, 6) is -1.96. The lowest BCUT2D eigenvalue weighted by Crippen LogP contribution is -2.38. The second-order valence-electron chi connectivity index (χ2n) is 9.77. The number of nitrogens with zero attached hydrogens (tertiary/aromatic N) is 4. The van der Waals surface area contributed by atoms with Gasteiger partial charge in [-0.25, -0.2) is 23.7 Å². The van der Waals surface area contributed by atoms with Crippen molar-refractivity contribution in [2.75, 3.05) is 13.7 Å². The second kappa shape index (κ2) is 9.73. The predicted octanol–water partition coefficient (Wildman–Crippen LogP) is 4.30. The molecule has 4 atom stereocenters. The van der Waals surface area contributed by atoms with Crippen LogP contribution in [0.25, 0.3) is 0 Å². The van der Waals surface area contributed by atoms with E-state index in [9.17, 15) is 9.18 Å². The van der Waals surface area contributed by atoms with Gasteiger partial charge in [0.25, 0.3) is 0 Å². The molecule has 2 aliphatic rings. The van der Waals surface area contributed by atoms with Crippen molar-refractivity contribution < 1.29 is 27.5 Å². The number of carbonyl (C=O) groups is 1. The smallest absolute Gasteiger partial charge is 0.235 e. The van der Waals surface area contributed by atoms with Crippen LogP contribution in [0.5, 0.6) is 5.88 Å². The molecule has 0 saturated heterocycles. The highest BCUT2D eigenvalue weighted by molar-refractivity contribution is 8.15. The van der Waals surface area contributed by atoms with E-state index in [0.717, 1.165) is 6.07 Å². The highest BCUT2D eigenvalue weighted by Gasteiger charge is 2.66. The van der Waals surface area contributed by atoms with Crippen LogP contribution in [0.1, 0.15) is 59.6 Å². The third-order valence-corrected chi connectivity index (χ3v) is 8.30. The monoisotopic (exact) mass is 543 g/mol. The molecule has 0 radical (unpaired) electrons.